The van der Waals surface area contributed by atoms with Gasteiger partial charge in [-0.25, -0.2) is 4.79 Å². The van der Waals surface area contributed by atoms with Gasteiger partial charge < -0.3 is 15.5 Å². The topological polar surface area (TPSA) is 61.4 Å². The van der Waals surface area contributed by atoms with Gasteiger partial charge >= 0.3 is 6.03 Å². The van der Waals surface area contributed by atoms with Crippen LogP contribution in [0.2, 0.25) is 10.0 Å². The fourth-order valence-corrected chi connectivity index (χ4v) is 3.89. The van der Waals surface area contributed by atoms with E-state index in [9.17, 15) is 9.59 Å². The van der Waals surface area contributed by atoms with Gasteiger partial charge in [-0.15, -0.1) is 0 Å². The van der Waals surface area contributed by atoms with Crippen molar-refractivity contribution in [3.63, 3.8) is 0 Å². The molecule has 0 aliphatic carbocycles. The molecular formula is C21H23Cl2N3O2. The Labute approximate surface area is 175 Å². The Bertz CT molecular complexity index is 809. The minimum absolute atomic E-state index is 0.0442. The molecule has 1 atom stereocenters. The number of anilines is 1. The second-order valence-electron chi connectivity index (χ2n) is 6.90. The van der Waals surface area contributed by atoms with Crippen molar-refractivity contribution in [2.24, 2.45) is 5.92 Å². The maximum atomic E-state index is 12.5. The van der Waals surface area contributed by atoms with E-state index in [0.717, 1.165) is 24.1 Å². The highest BCUT2D eigenvalue weighted by atomic mass is 35.5. The maximum absolute atomic E-state index is 12.5. The molecule has 5 nitrogen and oxygen atoms in total. The van der Waals surface area contributed by atoms with Crippen molar-refractivity contribution in [1.82, 2.24) is 10.2 Å². The minimum atomic E-state index is -0.202. The van der Waals surface area contributed by atoms with Crippen molar-refractivity contribution >= 4 is 40.8 Å². The van der Waals surface area contributed by atoms with Crippen LogP contribution in [0.25, 0.3) is 0 Å². The highest BCUT2D eigenvalue weighted by Crippen LogP contribution is 2.20. The van der Waals surface area contributed by atoms with Gasteiger partial charge in [0.25, 0.3) is 0 Å². The van der Waals surface area contributed by atoms with Crippen LogP contribution in [0.5, 0.6) is 0 Å². The van der Waals surface area contributed by atoms with Crippen LogP contribution in [0.15, 0.2) is 48.5 Å². The van der Waals surface area contributed by atoms with Crippen LogP contribution >= 0.6 is 23.2 Å². The van der Waals surface area contributed by atoms with Gasteiger partial charge in [0.1, 0.15) is 0 Å². The largest absolute Gasteiger partial charge is 0.338 e. The number of hydrogen-bond acceptors (Lipinski definition) is 2. The van der Waals surface area contributed by atoms with Gasteiger partial charge in [0.05, 0.1) is 5.92 Å². The summed E-state index contributed by atoms with van der Waals surface area (Å²) < 4.78 is 0. The summed E-state index contributed by atoms with van der Waals surface area (Å²) in [6.07, 6.45) is 2.23. The zero-order chi connectivity index (χ0) is 19.9. The predicted octanol–water partition coefficient (Wildman–Crippen LogP) is 4.60. The number of hydrogen-bond donors (Lipinski definition) is 2. The van der Waals surface area contributed by atoms with Crippen molar-refractivity contribution in [3.05, 3.63) is 64.1 Å². The number of urea groups is 1. The molecule has 0 saturated carbocycles. The van der Waals surface area contributed by atoms with E-state index in [1.807, 2.05) is 42.5 Å². The summed E-state index contributed by atoms with van der Waals surface area (Å²) >= 11 is 12.0. The lowest BCUT2D eigenvalue weighted by Gasteiger charge is -2.32. The number of amides is 3. The summed E-state index contributed by atoms with van der Waals surface area (Å²) in [6.45, 7) is 1.56. The van der Waals surface area contributed by atoms with Gasteiger partial charge in [-0.1, -0.05) is 41.4 Å². The lowest BCUT2D eigenvalue weighted by atomic mass is 9.97. The number of likely N-dealkylation sites (tertiary alicyclic amines) is 1. The van der Waals surface area contributed by atoms with Gasteiger partial charge in [-0.05, 0) is 55.2 Å². The Morgan fingerprint density at radius 3 is 2.50 bits per heavy atom. The molecule has 0 bridgehead atoms. The number of halogens is 2. The van der Waals surface area contributed by atoms with Crippen LogP contribution in [-0.2, 0) is 11.2 Å². The molecule has 7 heteroatoms. The molecule has 1 unspecified atom stereocenters. The van der Waals surface area contributed by atoms with Gasteiger partial charge in [0.15, 0.2) is 0 Å². The van der Waals surface area contributed by atoms with E-state index in [0.29, 0.717) is 36.1 Å². The predicted molar refractivity (Wildman–Crippen MR) is 113 cm³/mol. The molecule has 1 saturated heterocycles. The third-order valence-corrected chi connectivity index (χ3v) is 5.17. The van der Waals surface area contributed by atoms with Crippen molar-refractivity contribution < 1.29 is 9.59 Å². The summed E-state index contributed by atoms with van der Waals surface area (Å²) in [5, 5.41) is 7.00. The summed E-state index contributed by atoms with van der Waals surface area (Å²) in [7, 11) is 0. The van der Waals surface area contributed by atoms with Crippen molar-refractivity contribution in [2.45, 2.75) is 19.3 Å². The van der Waals surface area contributed by atoms with Crippen LogP contribution in [0.3, 0.4) is 0 Å². The average molecular weight is 420 g/mol. The highest BCUT2D eigenvalue weighted by molar-refractivity contribution is 6.34. The molecule has 1 aliphatic heterocycles. The molecule has 0 radical (unpaired) electrons. The van der Waals surface area contributed by atoms with Gasteiger partial charge in [-0.3, -0.25) is 4.79 Å². The van der Waals surface area contributed by atoms with E-state index in [4.69, 9.17) is 23.2 Å². The zero-order valence-corrected chi connectivity index (χ0v) is 17.0. The molecule has 2 N–H and O–H groups in total. The molecule has 2 aromatic carbocycles. The maximum Gasteiger partial charge on any atom is 0.317 e. The number of nitrogens with zero attached hydrogens (tertiary/aromatic N) is 1. The number of carbonyl (C=O) groups excluding carboxylic acids is 2. The molecule has 1 heterocycles. The quantitative estimate of drug-likeness (QED) is 0.743. The number of nitrogens with one attached hydrogen (secondary N) is 2. The van der Waals surface area contributed by atoms with E-state index in [2.05, 4.69) is 10.6 Å². The fraction of sp³-hybridized carbons (Fsp3) is 0.333. The van der Waals surface area contributed by atoms with Crippen LogP contribution in [0.1, 0.15) is 18.4 Å². The molecule has 28 heavy (non-hydrogen) atoms. The van der Waals surface area contributed by atoms with Gasteiger partial charge in [0, 0.05) is 35.4 Å². The fourth-order valence-electron chi connectivity index (χ4n) is 3.32. The lowest BCUT2D eigenvalue weighted by Crippen LogP contribution is -2.48. The number of benzene rings is 2. The first kappa shape index (κ1) is 20.5. The molecule has 3 amide bonds. The minimum Gasteiger partial charge on any atom is -0.338 e. The first-order valence-electron chi connectivity index (χ1n) is 9.35. The molecule has 1 fully saturated rings. The van der Waals surface area contributed by atoms with E-state index in [1.54, 1.807) is 11.0 Å². The smallest absolute Gasteiger partial charge is 0.317 e. The Morgan fingerprint density at radius 2 is 1.79 bits per heavy atom. The zero-order valence-electron chi connectivity index (χ0n) is 15.5. The van der Waals surface area contributed by atoms with E-state index in [-0.39, 0.29) is 17.9 Å². The second-order valence-corrected chi connectivity index (χ2v) is 7.77. The molecule has 2 aromatic rings. The van der Waals surface area contributed by atoms with Crippen LogP contribution < -0.4 is 10.6 Å². The van der Waals surface area contributed by atoms with E-state index >= 15 is 0 Å². The summed E-state index contributed by atoms with van der Waals surface area (Å²) in [4.78, 5) is 26.7. The number of piperidine rings is 1. The third-order valence-electron chi connectivity index (χ3n) is 4.73. The molecule has 3 rings (SSSR count). The summed E-state index contributed by atoms with van der Waals surface area (Å²) in [5.41, 5.74) is 1.74. The van der Waals surface area contributed by atoms with Crippen LogP contribution in [0.4, 0.5) is 10.5 Å². The Balaban J connectivity index is 1.47. The standard InChI is InChI=1S/C21H23Cl2N3O2/c22-17-11-15(12-18(23)13-17)8-9-24-21(28)26-10-4-5-16(14-26)20(27)25-19-6-2-1-3-7-19/h1-3,6-7,11-13,16H,4-5,8-10,14H2,(H,24,28)(H,25,27). The van der Waals surface area contributed by atoms with Gasteiger partial charge in [-0.2, -0.15) is 0 Å². The van der Waals surface area contributed by atoms with E-state index < -0.39 is 0 Å². The molecule has 0 aromatic heterocycles. The van der Waals surface area contributed by atoms with Gasteiger partial charge in [0.2, 0.25) is 5.91 Å². The Kier molecular flexibility index (Phi) is 7.18. The molecule has 1 aliphatic rings. The number of rotatable bonds is 5. The van der Waals surface area contributed by atoms with E-state index in [1.165, 1.54) is 0 Å². The third kappa shape index (κ3) is 5.88. The van der Waals surface area contributed by atoms with Crippen molar-refractivity contribution in [3.8, 4) is 0 Å². The molecule has 0 spiro atoms. The van der Waals surface area contributed by atoms with Crippen molar-refractivity contribution in [2.75, 3.05) is 25.0 Å². The number of para-hydroxylation sites is 1. The summed E-state index contributed by atoms with van der Waals surface area (Å²) in [5.74, 6) is -0.247. The highest BCUT2D eigenvalue weighted by Gasteiger charge is 2.28. The summed E-state index contributed by atoms with van der Waals surface area (Å²) in [6, 6.07) is 14.6. The monoisotopic (exact) mass is 419 g/mol. The van der Waals surface area contributed by atoms with Crippen molar-refractivity contribution in [1.29, 1.82) is 0 Å². The lowest BCUT2D eigenvalue weighted by molar-refractivity contribution is -0.121. The molecular weight excluding hydrogens is 397 g/mol. The second kappa shape index (κ2) is 9.80. The normalized spacial score (nSPS) is 16.5. The van der Waals surface area contributed by atoms with Crippen LogP contribution in [0, 0.1) is 5.92 Å². The van der Waals surface area contributed by atoms with Crippen LogP contribution in [-0.4, -0.2) is 36.5 Å². The first-order valence-corrected chi connectivity index (χ1v) is 10.1. The first-order chi connectivity index (χ1) is 13.5. The Hall–Kier alpha value is -2.24. The average Bonchev–Trinajstić information content (AvgIpc) is 2.68. The molecule has 148 valence electrons. The SMILES string of the molecule is O=C(Nc1ccccc1)C1CCCN(C(=O)NCCc2cc(Cl)cc(Cl)c2)C1. The number of carbonyl (C=O) groups is 2. The Morgan fingerprint density at radius 1 is 1.07 bits per heavy atom.